The summed E-state index contributed by atoms with van der Waals surface area (Å²) in [5.74, 6) is 3.18. The smallest absolute Gasteiger partial charge is 0.173 e. The Balaban J connectivity index is 1.63. The minimum Gasteiger partial charge on any atom is -0.493 e. The molecule has 4 aliphatic carbocycles. The maximum absolute atomic E-state index is 11.5. The number of likely N-dealkylation sites (tertiary alicyclic amines) is 1. The van der Waals surface area contributed by atoms with E-state index >= 15 is 0 Å². The average molecular weight is 446 g/mol. The van der Waals surface area contributed by atoms with Gasteiger partial charge < -0.3 is 19.5 Å². The average Bonchev–Trinajstić information content (AvgIpc) is 2.81. The first-order valence-electron chi connectivity index (χ1n) is 12.4. The van der Waals surface area contributed by atoms with Crippen molar-refractivity contribution >= 4 is 0 Å². The van der Waals surface area contributed by atoms with Crippen LogP contribution < -0.4 is 9.47 Å². The van der Waals surface area contributed by atoms with Crippen LogP contribution in [0.5, 0.6) is 17.2 Å². The van der Waals surface area contributed by atoms with Crippen LogP contribution in [-0.2, 0) is 11.8 Å². The number of ether oxygens (including phenoxy) is 2. The summed E-state index contributed by atoms with van der Waals surface area (Å²) in [6.07, 6.45) is 9.17. The Morgan fingerprint density at radius 1 is 1.12 bits per heavy atom. The molecule has 5 aliphatic rings. The van der Waals surface area contributed by atoms with Gasteiger partial charge in [0.2, 0.25) is 0 Å². The van der Waals surface area contributed by atoms with Gasteiger partial charge in [-0.05, 0) is 88.7 Å². The van der Waals surface area contributed by atoms with Gasteiger partial charge in [0.1, 0.15) is 5.75 Å². The van der Waals surface area contributed by atoms with Crippen molar-refractivity contribution in [1.82, 2.24) is 4.90 Å². The number of fused-ring (bicyclic) bond motifs is 2. The lowest BCUT2D eigenvalue weighted by atomic mass is 9.36. The van der Waals surface area contributed by atoms with E-state index < -0.39 is 5.60 Å². The minimum absolute atomic E-state index is 0.0707. The Labute approximate surface area is 197 Å². The monoisotopic (exact) mass is 445 g/mol. The quantitative estimate of drug-likeness (QED) is 0.645. The van der Waals surface area contributed by atoms with Gasteiger partial charge in [-0.1, -0.05) is 36.4 Å². The lowest BCUT2D eigenvalue weighted by Crippen LogP contribution is -2.73. The standard InChI is InChI=1S/C29H35NO3/c1-27(2,31)23-16-19-12-13-29(23)24-17-20-10-11-22(32-4)26(33-21-8-6-5-7-9-21)25(20)28(29,18-19)14-15-30(24)3/h5-13,19,23-24,31H,14-18H2,1-4H3/t19?,23-,24?,28?,29?/m0/s1. The van der Waals surface area contributed by atoms with Crippen LogP contribution in [0, 0.1) is 17.3 Å². The number of hydrogen-bond acceptors (Lipinski definition) is 4. The van der Waals surface area contributed by atoms with Gasteiger partial charge in [-0.2, -0.15) is 0 Å². The predicted molar refractivity (Wildman–Crippen MR) is 130 cm³/mol. The van der Waals surface area contributed by atoms with E-state index in [1.54, 1.807) is 7.11 Å². The molecule has 4 bridgehead atoms. The molecule has 0 amide bonds. The summed E-state index contributed by atoms with van der Waals surface area (Å²) in [7, 11) is 4.01. The first-order chi connectivity index (χ1) is 15.8. The zero-order chi connectivity index (χ0) is 23.0. The summed E-state index contributed by atoms with van der Waals surface area (Å²) in [5.41, 5.74) is 1.76. The van der Waals surface area contributed by atoms with Crippen LogP contribution in [0.25, 0.3) is 0 Å². The second kappa shape index (κ2) is 7.10. The van der Waals surface area contributed by atoms with Crippen LogP contribution in [0.1, 0.15) is 44.2 Å². The van der Waals surface area contributed by atoms with Crippen molar-refractivity contribution in [2.24, 2.45) is 17.3 Å². The number of para-hydroxylation sites is 1. The highest BCUT2D eigenvalue weighted by molar-refractivity contribution is 5.61. The molecule has 1 heterocycles. The van der Waals surface area contributed by atoms with Crippen molar-refractivity contribution in [3.8, 4) is 17.2 Å². The highest BCUT2D eigenvalue weighted by atomic mass is 16.5. The van der Waals surface area contributed by atoms with E-state index in [1.165, 1.54) is 11.1 Å². The first-order valence-corrected chi connectivity index (χ1v) is 12.4. The third-order valence-electron chi connectivity index (χ3n) is 9.31. The number of rotatable bonds is 4. The van der Waals surface area contributed by atoms with E-state index in [0.717, 1.165) is 49.5 Å². The zero-order valence-electron chi connectivity index (χ0n) is 20.2. The molecule has 1 saturated carbocycles. The maximum Gasteiger partial charge on any atom is 0.173 e. The van der Waals surface area contributed by atoms with Crippen LogP contribution in [-0.4, -0.2) is 42.4 Å². The second-order valence-electron chi connectivity index (χ2n) is 11.3. The summed E-state index contributed by atoms with van der Waals surface area (Å²) in [4.78, 5) is 2.55. The summed E-state index contributed by atoms with van der Waals surface area (Å²) in [5, 5.41) is 11.5. The van der Waals surface area contributed by atoms with E-state index in [-0.39, 0.29) is 16.7 Å². The highest BCUT2D eigenvalue weighted by Crippen LogP contribution is 2.72. The Morgan fingerprint density at radius 3 is 2.64 bits per heavy atom. The van der Waals surface area contributed by atoms with E-state index in [9.17, 15) is 5.11 Å². The Hall–Kier alpha value is -2.30. The van der Waals surface area contributed by atoms with Crippen molar-refractivity contribution in [1.29, 1.82) is 0 Å². The Bertz CT molecular complexity index is 1100. The molecular formula is C29H35NO3. The van der Waals surface area contributed by atoms with Gasteiger partial charge in [-0.3, -0.25) is 0 Å². The van der Waals surface area contributed by atoms with Gasteiger partial charge in [0, 0.05) is 22.4 Å². The zero-order valence-corrected chi connectivity index (χ0v) is 20.2. The summed E-state index contributed by atoms with van der Waals surface area (Å²) in [6, 6.07) is 14.8. The molecule has 2 fully saturated rings. The fourth-order valence-corrected chi connectivity index (χ4v) is 8.14. The fourth-order valence-electron chi connectivity index (χ4n) is 8.14. The van der Waals surface area contributed by atoms with Gasteiger partial charge >= 0.3 is 0 Å². The van der Waals surface area contributed by atoms with Crippen LogP contribution in [0.15, 0.2) is 54.6 Å². The topological polar surface area (TPSA) is 41.9 Å². The maximum atomic E-state index is 11.5. The summed E-state index contributed by atoms with van der Waals surface area (Å²) in [6.45, 7) is 5.10. The fraction of sp³-hybridized carbons (Fsp3) is 0.517. The molecule has 174 valence electrons. The number of allylic oxidation sites excluding steroid dienone is 1. The molecule has 1 saturated heterocycles. The second-order valence-corrected chi connectivity index (χ2v) is 11.3. The molecular weight excluding hydrogens is 410 g/mol. The SMILES string of the molecule is COc1ccc2c(c1Oc1ccccc1)C13CCN(C)C(C2)C12C=CC(C[C@H]2C(C)(C)O)C3. The van der Waals surface area contributed by atoms with E-state index in [2.05, 4.69) is 36.2 Å². The van der Waals surface area contributed by atoms with Gasteiger partial charge in [0.25, 0.3) is 0 Å². The van der Waals surface area contributed by atoms with Crippen molar-refractivity contribution < 1.29 is 14.6 Å². The van der Waals surface area contributed by atoms with Crippen molar-refractivity contribution in [2.75, 3.05) is 20.7 Å². The number of nitrogens with zero attached hydrogens (tertiary/aromatic N) is 1. The molecule has 4 unspecified atom stereocenters. The minimum atomic E-state index is -0.748. The van der Waals surface area contributed by atoms with E-state index in [1.807, 2.05) is 44.2 Å². The summed E-state index contributed by atoms with van der Waals surface area (Å²) >= 11 is 0. The Kier molecular flexibility index (Phi) is 4.57. The normalized spacial score (nSPS) is 34.5. The summed E-state index contributed by atoms with van der Waals surface area (Å²) < 4.78 is 12.5. The number of piperidine rings is 1. The molecule has 33 heavy (non-hydrogen) atoms. The predicted octanol–water partition coefficient (Wildman–Crippen LogP) is 5.34. The first kappa shape index (κ1) is 21.2. The Morgan fingerprint density at radius 2 is 1.91 bits per heavy atom. The number of hydrogen-bond donors (Lipinski definition) is 1. The molecule has 7 rings (SSSR count). The van der Waals surface area contributed by atoms with Gasteiger partial charge in [0.15, 0.2) is 11.5 Å². The van der Waals surface area contributed by atoms with Gasteiger partial charge in [0.05, 0.1) is 12.7 Å². The lowest BCUT2D eigenvalue weighted by Gasteiger charge is -2.71. The molecule has 2 aromatic rings. The molecule has 0 radical (unpaired) electrons. The van der Waals surface area contributed by atoms with Crippen LogP contribution in [0.3, 0.4) is 0 Å². The largest absolute Gasteiger partial charge is 0.493 e. The van der Waals surface area contributed by atoms with Crippen molar-refractivity contribution in [3.05, 3.63) is 65.7 Å². The van der Waals surface area contributed by atoms with Crippen molar-refractivity contribution in [3.63, 3.8) is 0 Å². The number of benzene rings is 2. The number of likely N-dealkylation sites (N-methyl/N-ethyl adjacent to an activating group) is 1. The molecule has 5 atom stereocenters. The van der Waals surface area contributed by atoms with E-state index in [4.69, 9.17) is 9.47 Å². The third kappa shape index (κ3) is 2.77. The molecule has 0 aromatic heterocycles. The van der Waals surface area contributed by atoms with Crippen LogP contribution in [0.2, 0.25) is 0 Å². The van der Waals surface area contributed by atoms with Crippen LogP contribution in [0.4, 0.5) is 0 Å². The molecule has 1 spiro atoms. The molecule has 4 nitrogen and oxygen atoms in total. The van der Waals surface area contributed by atoms with E-state index in [0.29, 0.717) is 12.0 Å². The van der Waals surface area contributed by atoms with Crippen molar-refractivity contribution in [2.45, 2.75) is 56.6 Å². The highest BCUT2D eigenvalue weighted by Gasteiger charge is 2.71. The van der Waals surface area contributed by atoms with Gasteiger partial charge in [-0.15, -0.1) is 0 Å². The number of aliphatic hydroxyl groups is 1. The molecule has 1 aliphatic heterocycles. The molecule has 4 heteroatoms. The molecule has 2 aromatic carbocycles. The molecule has 1 N–H and O–H groups in total. The van der Waals surface area contributed by atoms with Gasteiger partial charge in [-0.25, -0.2) is 0 Å². The van der Waals surface area contributed by atoms with Crippen LogP contribution >= 0.6 is 0 Å². The third-order valence-corrected chi connectivity index (χ3v) is 9.31. The number of methoxy groups -OCH3 is 1. The lowest BCUT2D eigenvalue weighted by molar-refractivity contribution is -0.166.